The van der Waals surface area contributed by atoms with Gasteiger partial charge in [-0.25, -0.2) is 0 Å². The Kier molecular flexibility index (Phi) is 3.99. The minimum atomic E-state index is 0.187. The van der Waals surface area contributed by atoms with E-state index in [1.807, 2.05) is 16.9 Å². The Labute approximate surface area is 118 Å². The quantitative estimate of drug-likeness (QED) is 0.913. The highest BCUT2D eigenvalue weighted by atomic mass is 16.5. The van der Waals surface area contributed by atoms with Crippen molar-refractivity contribution in [2.75, 3.05) is 38.6 Å². The second-order valence-electron chi connectivity index (χ2n) is 5.09. The van der Waals surface area contributed by atoms with E-state index in [0.29, 0.717) is 5.69 Å². The van der Waals surface area contributed by atoms with Crippen LogP contribution in [0.4, 0.5) is 5.69 Å². The average Bonchev–Trinajstić information content (AvgIpc) is 2.93. The van der Waals surface area contributed by atoms with Gasteiger partial charge in [0.2, 0.25) is 0 Å². The number of nitrogens with two attached hydrogens (primary N) is 1. The first kappa shape index (κ1) is 13.1. The van der Waals surface area contributed by atoms with Crippen molar-refractivity contribution in [1.29, 1.82) is 0 Å². The Balaban J connectivity index is 1.83. The first-order valence-corrected chi connectivity index (χ1v) is 6.97. The zero-order chi connectivity index (χ0) is 13.8. The summed E-state index contributed by atoms with van der Waals surface area (Å²) >= 11 is 0. The molecule has 106 valence electrons. The van der Waals surface area contributed by atoms with Gasteiger partial charge in [0, 0.05) is 25.8 Å². The van der Waals surface area contributed by atoms with Crippen molar-refractivity contribution in [2.45, 2.75) is 6.04 Å². The van der Waals surface area contributed by atoms with Crippen LogP contribution in [0.5, 0.6) is 0 Å². The molecule has 1 aromatic heterocycles. The standard InChI is InChI=1S/C15H20N4O/c16-14-10-17-19(11-14)15(13-4-2-1-3-5-13)12-18-6-8-20-9-7-18/h1-5,10-11,15H,6-9,12,16H2. The molecular formula is C15H20N4O. The maximum atomic E-state index is 5.81. The average molecular weight is 272 g/mol. The van der Waals surface area contributed by atoms with Crippen LogP contribution in [0.1, 0.15) is 11.6 Å². The zero-order valence-corrected chi connectivity index (χ0v) is 11.5. The van der Waals surface area contributed by atoms with E-state index in [1.54, 1.807) is 6.20 Å². The topological polar surface area (TPSA) is 56.3 Å². The van der Waals surface area contributed by atoms with Crippen molar-refractivity contribution in [3.05, 3.63) is 48.3 Å². The molecule has 1 aliphatic heterocycles. The molecule has 1 atom stereocenters. The number of ether oxygens (including phenoxy) is 1. The monoisotopic (exact) mass is 272 g/mol. The van der Waals surface area contributed by atoms with Crippen molar-refractivity contribution in [3.8, 4) is 0 Å². The van der Waals surface area contributed by atoms with Gasteiger partial charge >= 0.3 is 0 Å². The van der Waals surface area contributed by atoms with Crippen LogP contribution < -0.4 is 5.73 Å². The molecular weight excluding hydrogens is 252 g/mol. The molecule has 1 saturated heterocycles. The molecule has 2 aromatic rings. The van der Waals surface area contributed by atoms with Crippen LogP contribution >= 0.6 is 0 Å². The molecule has 0 bridgehead atoms. The number of hydrogen-bond acceptors (Lipinski definition) is 4. The predicted octanol–water partition coefficient (Wildman–Crippen LogP) is 1.39. The molecule has 1 aliphatic rings. The molecule has 2 N–H and O–H groups in total. The SMILES string of the molecule is Nc1cnn(C(CN2CCOCC2)c2ccccc2)c1. The van der Waals surface area contributed by atoms with Gasteiger partial charge in [0.1, 0.15) is 0 Å². The molecule has 0 radical (unpaired) electrons. The van der Waals surface area contributed by atoms with Crippen molar-refractivity contribution >= 4 is 5.69 Å². The summed E-state index contributed by atoms with van der Waals surface area (Å²) < 4.78 is 7.37. The molecule has 20 heavy (non-hydrogen) atoms. The number of rotatable bonds is 4. The lowest BCUT2D eigenvalue weighted by Gasteiger charge is -2.30. The first-order valence-electron chi connectivity index (χ1n) is 6.97. The molecule has 2 heterocycles. The van der Waals surface area contributed by atoms with Crippen LogP contribution in [0.25, 0.3) is 0 Å². The molecule has 1 fully saturated rings. The number of benzene rings is 1. The number of morpholine rings is 1. The first-order chi connectivity index (χ1) is 9.83. The van der Waals surface area contributed by atoms with Gasteiger partial charge in [0.25, 0.3) is 0 Å². The number of nitrogen functional groups attached to an aromatic ring is 1. The number of aromatic nitrogens is 2. The fourth-order valence-corrected chi connectivity index (χ4v) is 2.57. The highest BCUT2D eigenvalue weighted by Crippen LogP contribution is 2.20. The van der Waals surface area contributed by atoms with Gasteiger partial charge in [-0.05, 0) is 5.56 Å². The normalized spacial score (nSPS) is 18.0. The predicted molar refractivity (Wildman–Crippen MR) is 78.5 cm³/mol. The van der Waals surface area contributed by atoms with Crippen LogP contribution in [0.15, 0.2) is 42.7 Å². The highest BCUT2D eigenvalue weighted by Gasteiger charge is 2.20. The summed E-state index contributed by atoms with van der Waals surface area (Å²) in [4.78, 5) is 2.42. The second kappa shape index (κ2) is 6.07. The maximum Gasteiger partial charge on any atom is 0.0896 e. The van der Waals surface area contributed by atoms with E-state index < -0.39 is 0 Å². The highest BCUT2D eigenvalue weighted by molar-refractivity contribution is 5.32. The molecule has 3 rings (SSSR count). The Morgan fingerprint density at radius 1 is 1.20 bits per heavy atom. The summed E-state index contributed by atoms with van der Waals surface area (Å²) in [6.07, 6.45) is 3.60. The number of nitrogens with zero attached hydrogens (tertiary/aromatic N) is 3. The summed E-state index contributed by atoms with van der Waals surface area (Å²) in [6, 6.07) is 10.6. The molecule has 1 unspecified atom stereocenters. The third-order valence-electron chi connectivity index (χ3n) is 3.66. The summed E-state index contributed by atoms with van der Waals surface area (Å²) in [5.41, 5.74) is 7.76. The van der Waals surface area contributed by atoms with E-state index >= 15 is 0 Å². The number of anilines is 1. The lowest BCUT2D eigenvalue weighted by atomic mass is 10.1. The minimum Gasteiger partial charge on any atom is -0.396 e. The Morgan fingerprint density at radius 2 is 1.95 bits per heavy atom. The van der Waals surface area contributed by atoms with E-state index in [4.69, 9.17) is 10.5 Å². The Morgan fingerprint density at radius 3 is 2.60 bits per heavy atom. The third-order valence-corrected chi connectivity index (χ3v) is 3.66. The smallest absolute Gasteiger partial charge is 0.0896 e. The van der Waals surface area contributed by atoms with Crippen molar-refractivity contribution in [1.82, 2.24) is 14.7 Å². The third kappa shape index (κ3) is 3.00. The molecule has 0 spiro atoms. The Hall–Kier alpha value is -1.85. The van der Waals surface area contributed by atoms with Crippen LogP contribution in [-0.4, -0.2) is 47.5 Å². The maximum absolute atomic E-state index is 5.81. The molecule has 5 nitrogen and oxygen atoms in total. The van der Waals surface area contributed by atoms with E-state index in [1.165, 1.54) is 5.56 Å². The lowest BCUT2D eigenvalue weighted by molar-refractivity contribution is 0.0331. The van der Waals surface area contributed by atoms with E-state index in [-0.39, 0.29) is 6.04 Å². The number of hydrogen-bond donors (Lipinski definition) is 1. The van der Waals surface area contributed by atoms with Gasteiger partial charge in [-0.15, -0.1) is 0 Å². The van der Waals surface area contributed by atoms with Crippen molar-refractivity contribution < 1.29 is 4.74 Å². The fourth-order valence-electron chi connectivity index (χ4n) is 2.57. The lowest BCUT2D eigenvalue weighted by Crippen LogP contribution is -2.40. The largest absolute Gasteiger partial charge is 0.396 e. The van der Waals surface area contributed by atoms with Crippen LogP contribution in [0.3, 0.4) is 0 Å². The fraction of sp³-hybridized carbons (Fsp3) is 0.400. The van der Waals surface area contributed by atoms with E-state index in [0.717, 1.165) is 32.8 Å². The van der Waals surface area contributed by atoms with E-state index in [2.05, 4.69) is 34.3 Å². The van der Waals surface area contributed by atoms with Gasteiger partial charge in [-0.2, -0.15) is 5.10 Å². The minimum absolute atomic E-state index is 0.187. The zero-order valence-electron chi connectivity index (χ0n) is 11.5. The molecule has 5 heteroatoms. The molecule has 1 aromatic carbocycles. The van der Waals surface area contributed by atoms with Crippen molar-refractivity contribution in [2.24, 2.45) is 0 Å². The van der Waals surface area contributed by atoms with E-state index in [9.17, 15) is 0 Å². The summed E-state index contributed by atoms with van der Waals surface area (Å²) in [5.74, 6) is 0. The molecule has 0 saturated carbocycles. The summed E-state index contributed by atoms with van der Waals surface area (Å²) in [7, 11) is 0. The molecule has 0 aliphatic carbocycles. The van der Waals surface area contributed by atoms with Crippen molar-refractivity contribution in [3.63, 3.8) is 0 Å². The Bertz CT molecular complexity index is 534. The van der Waals surface area contributed by atoms with Gasteiger partial charge in [-0.3, -0.25) is 9.58 Å². The van der Waals surface area contributed by atoms with Crippen LogP contribution in [0.2, 0.25) is 0 Å². The van der Waals surface area contributed by atoms with Gasteiger partial charge < -0.3 is 10.5 Å². The van der Waals surface area contributed by atoms with Crippen LogP contribution in [0, 0.1) is 0 Å². The second-order valence-corrected chi connectivity index (χ2v) is 5.09. The molecule has 0 amide bonds. The van der Waals surface area contributed by atoms with Gasteiger partial charge in [0.15, 0.2) is 0 Å². The summed E-state index contributed by atoms with van der Waals surface area (Å²) in [5, 5.41) is 4.39. The summed E-state index contributed by atoms with van der Waals surface area (Å²) in [6.45, 7) is 4.49. The van der Waals surface area contributed by atoms with Gasteiger partial charge in [0.05, 0.1) is 31.1 Å². The van der Waals surface area contributed by atoms with Gasteiger partial charge in [-0.1, -0.05) is 30.3 Å². The van der Waals surface area contributed by atoms with Crippen LogP contribution in [-0.2, 0) is 4.74 Å².